The van der Waals surface area contributed by atoms with Crippen molar-refractivity contribution in [2.24, 2.45) is 5.73 Å². The number of amides is 2. The summed E-state index contributed by atoms with van der Waals surface area (Å²) in [6.07, 6.45) is 4.52. The lowest BCUT2D eigenvalue weighted by Gasteiger charge is -2.33. The first-order chi connectivity index (χ1) is 11.6. The molecule has 0 saturated carbocycles. The summed E-state index contributed by atoms with van der Waals surface area (Å²) in [6, 6.07) is 7.33. The van der Waals surface area contributed by atoms with Gasteiger partial charge in [0.05, 0.1) is 0 Å². The van der Waals surface area contributed by atoms with Crippen molar-refractivity contribution < 1.29 is 14.3 Å². The number of nitrogens with zero attached hydrogens (tertiary/aromatic N) is 2. The summed E-state index contributed by atoms with van der Waals surface area (Å²) in [5.74, 6) is 0.136. The molecule has 1 aromatic carbocycles. The Morgan fingerprint density at radius 1 is 1.12 bits per heavy atom. The third kappa shape index (κ3) is 3.53. The minimum Gasteiger partial charge on any atom is -0.484 e. The molecule has 2 fully saturated rings. The van der Waals surface area contributed by atoms with Gasteiger partial charge in [-0.1, -0.05) is 0 Å². The van der Waals surface area contributed by atoms with Crippen molar-refractivity contribution in [3.8, 4) is 5.75 Å². The molecule has 2 N–H and O–H groups in total. The van der Waals surface area contributed by atoms with Gasteiger partial charge in [-0.05, 0) is 63.5 Å². The predicted octanol–water partition coefficient (Wildman–Crippen LogP) is 1.25. The van der Waals surface area contributed by atoms with Crippen LogP contribution < -0.4 is 10.5 Å². The summed E-state index contributed by atoms with van der Waals surface area (Å²) < 4.78 is 5.60. The maximum absolute atomic E-state index is 12.6. The number of likely N-dealkylation sites (tertiary alicyclic amines) is 2. The molecular weight excluding hydrogens is 306 g/mol. The summed E-state index contributed by atoms with van der Waals surface area (Å²) >= 11 is 0. The Balaban J connectivity index is 1.57. The fraction of sp³-hybridized carbons (Fsp3) is 0.556. The number of hydrogen-bond donors (Lipinski definition) is 1. The van der Waals surface area contributed by atoms with Crippen molar-refractivity contribution in [2.45, 2.75) is 37.8 Å². The molecule has 0 aliphatic carbocycles. The van der Waals surface area contributed by atoms with Crippen LogP contribution in [0.15, 0.2) is 24.3 Å². The average Bonchev–Trinajstić information content (AvgIpc) is 3.21. The number of benzene rings is 1. The Hall–Kier alpha value is -2.08. The second-order valence-electron chi connectivity index (χ2n) is 6.66. The molecule has 6 nitrogen and oxygen atoms in total. The van der Waals surface area contributed by atoms with Gasteiger partial charge in [0.1, 0.15) is 5.75 Å². The third-order valence-corrected chi connectivity index (χ3v) is 5.14. The predicted molar refractivity (Wildman–Crippen MR) is 90.8 cm³/mol. The van der Waals surface area contributed by atoms with Crippen LogP contribution in [0.25, 0.3) is 0 Å². The van der Waals surface area contributed by atoms with Crippen LogP contribution in [0.2, 0.25) is 0 Å². The van der Waals surface area contributed by atoms with Crippen molar-refractivity contribution in [1.82, 2.24) is 9.80 Å². The number of hydrogen-bond acceptors (Lipinski definition) is 4. The molecule has 2 atom stereocenters. The van der Waals surface area contributed by atoms with E-state index in [-0.39, 0.29) is 12.5 Å². The van der Waals surface area contributed by atoms with E-state index in [9.17, 15) is 9.59 Å². The maximum Gasteiger partial charge on any atom is 0.260 e. The number of primary amides is 1. The zero-order chi connectivity index (χ0) is 17.1. The molecule has 2 amide bonds. The standard InChI is InChI=1S/C18H25N3O3/c1-20-10-2-4-15(20)16-5-3-11-21(16)17(22)12-24-14-8-6-13(7-9-14)18(19)23/h6-9,15-16H,2-5,10-12H2,1H3,(H2,19,23)/t15-,16+/m0/s1. The first-order valence-electron chi connectivity index (χ1n) is 8.58. The molecule has 130 valence electrons. The highest BCUT2D eigenvalue weighted by molar-refractivity contribution is 5.92. The Labute approximate surface area is 142 Å². The average molecular weight is 331 g/mol. The number of ether oxygens (including phenoxy) is 1. The summed E-state index contributed by atoms with van der Waals surface area (Å²) in [5, 5.41) is 0. The zero-order valence-corrected chi connectivity index (χ0v) is 14.1. The minimum absolute atomic E-state index is 0.0306. The summed E-state index contributed by atoms with van der Waals surface area (Å²) in [6.45, 7) is 1.96. The van der Waals surface area contributed by atoms with Gasteiger partial charge in [-0.3, -0.25) is 9.59 Å². The van der Waals surface area contributed by atoms with E-state index in [0.717, 1.165) is 25.9 Å². The smallest absolute Gasteiger partial charge is 0.260 e. The third-order valence-electron chi connectivity index (χ3n) is 5.14. The molecule has 1 aromatic rings. The maximum atomic E-state index is 12.6. The topological polar surface area (TPSA) is 75.9 Å². The molecule has 24 heavy (non-hydrogen) atoms. The number of carbonyl (C=O) groups excluding carboxylic acids is 2. The molecule has 0 aromatic heterocycles. The van der Waals surface area contributed by atoms with E-state index in [0.29, 0.717) is 23.4 Å². The molecular formula is C18H25N3O3. The largest absolute Gasteiger partial charge is 0.484 e. The Morgan fingerprint density at radius 2 is 1.79 bits per heavy atom. The van der Waals surface area contributed by atoms with Crippen LogP contribution in [0, 0.1) is 0 Å². The van der Waals surface area contributed by atoms with Gasteiger partial charge in [-0.2, -0.15) is 0 Å². The van der Waals surface area contributed by atoms with E-state index >= 15 is 0 Å². The summed E-state index contributed by atoms with van der Waals surface area (Å²) in [7, 11) is 2.15. The van der Waals surface area contributed by atoms with E-state index in [1.54, 1.807) is 24.3 Å². The molecule has 3 rings (SSSR count). The lowest BCUT2D eigenvalue weighted by Crippen LogP contribution is -2.48. The van der Waals surface area contributed by atoms with E-state index in [1.807, 2.05) is 4.90 Å². The van der Waals surface area contributed by atoms with Gasteiger partial charge in [0.25, 0.3) is 5.91 Å². The van der Waals surface area contributed by atoms with Crippen LogP contribution in [-0.2, 0) is 4.79 Å². The lowest BCUT2D eigenvalue weighted by molar-refractivity contribution is -0.135. The molecule has 2 saturated heterocycles. The number of carbonyl (C=O) groups is 2. The number of nitrogens with two attached hydrogens (primary N) is 1. The highest BCUT2D eigenvalue weighted by Crippen LogP contribution is 2.29. The van der Waals surface area contributed by atoms with Crippen molar-refractivity contribution in [2.75, 3.05) is 26.7 Å². The summed E-state index contributed by atoms with van der Waals surface area (Å²) in [5.41, 5.74) is 5.64. The molecule has 0 radical (unpaired) electrons. The Kier molecular flexibility index (Phi) is 5.04. The first-order valence-corrected chi connectivity index (χ1v) is 8.58. The van der Waals surface area contributed by atoms with E-state index in [4.69, 9.17) is 10.5 Å². The first kappa shape index (κ1) is 16.8. The fourth-order valence-electron chi connectivity index (χ4n) is 3.87. The second-order valence-corrected chi connectivity index (χ2v) is 6.66. The molecule has 2 aliphatic heterocycles. The minimum atomic E-state index is -0.474. The highest BCUT2D eigenvalue weighted by Gasteiger charge is 2.38. The van der Waals surface area contributed by atoms with Crippen LogP contribution in [0.5, 0.6) is 5.75 Å². The van der Waals surface area contributed by atoms with E-state index in [1.165, 1.54) is 12.8 Å². The molecule has 6 heteroatoms. The SMILES string of the molecule is CN1CCC[C@H]1[C@H]1CCCN1C(=O)COc1ccc(C(N)=O)cc1. The molecule has 0 bridgehead atoms. The van der Waals surface area contributed by atoms with Gasteiger partial charge < -0.3 is 20.3 Å². The van der Waals surface area contributed by atoms with Gasteiger partial charge in [0, 0.05) is 24.2 Å². The van der Waals surface area contributed by atoms with Gasteiger partial charge >= 0.3 is 0 Å². The van der Waals surface area contributed by atoms with Crippen LogP contribution in [-0.4, -0.2) is 60.4 Å². The summed E-state index contributed by atoms with van der Waals surface area (Å²) in [4.78, 5) is 28.0. The monoisotopic (exact) mass is 331 g/mol. The number of rotatable bonds is 5. The van der Waals surface area contributed by atoms with Crippen LogP contribution in [0.1, 0.15) is 36.0 Å². The van der Waals surface area contributed by atoms with Gasteiger partial charge in [0.15, 0.2) is 6.61 Å². The van der Waals surface area contributed by atoms with E-state index < -0.39 is 5.91 Å². The van der Waals surface area contributed by atoms with Crippen LogP contribution in [0.3, 0.4) is 0 Å². The van der Waals surface area contributed by atoms with Gasteiger partial charge in [-0.25, -0.2) is 0 Å². The highest BCUT2D eigenvalue weighted by atomic mass is 16.5. The molecule has 2 aliphatic rings. The Morgan fingerprint density at radius 3 is 2.42 bits per heavy atom. The van der Waals surface area contributed by atoms with Crippen molar-refractivity contribution in [3.63, 3.8) is 0 Å². The normalized spacial score (nSPS) is 24.3. The molecule has 2 heterocycles. The van der Waals surface area contributed by atoms with Crippen LogP contribution >= 0.6 is 0 Å². The fourth-order valence-corrected chi connectivity index (χ4v) is 3.87. The molecule has 0 spiro atoms. The Bertz CT molecular complexity index is 602. The zero-order valence-electron chi connectivity index (χ0n) is 14.1. The van der Waals surface area contributed by atoms with Crippen molar-refractivity contribution in [3.05, 3.63) is 29.8 Å². The molecule has 0 unspecified atom stereocenters. The van der Waals surface area contributed by atoms with Crippen molar-refractivity contribution >= 4 is 11.8 Å². The number of likely N-dealkylation sites (N-methyl/N-ethyl adjacent to an activating group) is 1. The van der Waals surface area contributed by atoms with Gasteiger partial charge in [-0.15, -0.1) is 0 Å². The van der Waals surface area contributed by atoms with Crippen LogP contribution in [0.4, 0.5) is 0 Å². The quantitative estimate of drug-likeness (QED) is 0.881. The second kappa shape index (κ2) is 7.21. The van der Waals surface area contributed by atoms with E-state index in [2.05, 4.69) is 11.9 Å². The van der Waals surface area contributed by atoms with Gasteiger partial charge in [0.2, 0.25) is 5.91 Å². The lowest BCUT2D eigenvalue weighted by atomic mass is 10.0. The van der Waals surface area contributed by atoms with Crippen molar-refractivity contribution in [1.29, 1.82) is 0 Å².